The van der Waals surface area contributed by atoms with E-state index in [2.05, 4.69) is 15.6 Å². The van der Waals surface area contributed by atoms with E-state index in [4.69, 9.17) is 5.11 Å². The zero-order valence-electron chi connectivity index (χ0n) is 11.9. The third-order valence-electron chi connectivity index (χ3n) is 4.48. The minimum Gasteiger partial charge on any atom is -0.476 e. The summed E-state index contributed by atoms with van der Waals surface area (Å²) in [6.07, 6.45) is 3.14. The summed E-state index contributed by atoms with van der Waals surface area (Å²) >= 11 is 0. The van der Waals surface area contributed by atoms with Crippen molar-refractivity contribution >= 4 is 11.9 Å². The molecule has 2 aliphatic heterocycles. The molecule has 0 aliphatic carbocycles. The second-order valence-corrected chi connectivity index (χ2v) is 6.06. The van der Waals surface area contributed by atoms with Crippen LogP contribution >= 0.6 is 0 Å². The molecule has 8 heteroatoms. The molecule has 2 fully saturated rings. The number of nitrogens with zero attached hydrogens (tertiary/aromatic N) is 4. The molecule has 3 rings (SSSR count). The Morgan fingerprint density at radius 1 is 1.38 bits per heavy atom. The summed E-state index contributed by atoms with van der Waals surface area (Å²) in [5.74, 6) is -0.894. The van der Waals surface area contributed by atoms with Crippen molar-refractivity contribution in [2.45, 2.75) is 25.8 Å². The van der Waals surface area contributed by atoms with E-state index in [1.54, 1.807) is 0 Å². The topological polar surface area (TPSA) is 100 Å². The van der Waals surface area contributed by atoms with Crippen LogP contribution in [0.3, 0.4) is 0 Å². The summed E-state index contributed by atoms with van der Waals surface area (Å²) in [6, 6.07) is 0.0277. The van der Waals surface area contributed by atoms with Gasteiger partial charge in [0.1, 0.15) is 0 Å². The fourth-order valence-electron chi connectivity index (χ4n) is 2.92. The van der Waals surface area contributed by atoms with Gasteiger partial charge in [-0.25, -0.2) is 9.48 Å². The summed E-state index contributed by atoms with van der Waals surface area (Å²) in [4.78, 5) is 25.2. The average molecular weight is 293 g/mol. The van der Waals surface area contributed by atoms with E-state index in [1.165, 1.54) is 10.9 Å². The predicted octanol–water partition coefficient (Wildman–Crippen LogP) is -0.251. The standard InChI is InChI=1S/C13H19N5O3/c1-13(2-4-14-5-3-13)12(21)17-6-9(7-17)18-8-10(11(19)20)15-16-18/h8-9,14H,2-7H2,1H3,(H,19,20). The summed E-state index contributed by atoms with van der Waals surface area (Å²) in [6.45, 7) is 4.94. The van der Waals surface area contributed by atoms with Crippen molar-refractivity contribution in [2.75, 3.05) is 26.2 Å². The Balaban J connectivity index is 1.59. The van der Waals surface area contributed by atoms with Gasteiger partial charge in [0, 0.05) is 18.5 Å². The average Bonchev–Trinajstić information content (AvgIpc) is 2.87. The minimum atomic E-state index is -1.09. The zero-order chi connectivity index (χ0) is 15.0. The first kappa shape index (κ1) is 14.0. The number of hydrogen-bond donors (Lipinski definition) is 2. The van der Waals surface area contributed by atoms with Gasteiger partial charge >= 0.3 is 5.97 Å². The molecule has 0 spiro atoms. The Hall–Kier alpha value is -1.96. The molecule has 0 atom stereocenters. The fourth-order valence-corrected chi connectivity index (χ4v) is 2.92. The molecule has 3 heterocycles. The van der Waals surface area contributed by atoms with Gasteiger partial charge in [-0.3, -0.25) is 4.79 Å². The Morgan fingerprint density at radius 3 is 2.62 bits per heavy atom. The van der Waals surface area contributed by atoms with Gasteiger partial charge in [0.15, 0.2) is 5.69 Å². The van der Waals surface area contributed by atoms with Crippen molar-refractivity contribution in [3.05, 3.63) is 11.9 Å². The quantitative estimate of drug-likeness (QED) is 0.797. The molecular weight excluding hydrogens is 274 g/mol. The monoisotopic (exact) mass is 293 g/mol. The summed E-state index contributed by atoms with van der Waals surface area (Å²) < 4.78 is 1.54. The first-order chi connectivity index (χ1) is 9.99. The van der Waals surface area contributed by atoms with Gasteiger partial charge in [0.05, 0.1) is 12.2 Å². The number of carbonyl (C=O) groups is 2. The van der Waals surface area contributed by atoms with E-state index in [0.29, 0.717) is 13.1 Å². The molecular formula is C13H19N5O3. The number of amides is 1. The number of likely N-dealkylation sites (tertiary alicyclic amines) is 1. The van der Waals surface area contributed by atoms with Crippen LogP contribution in [0.4, 0.5) is 0 Å². The number of hydrogen-bond acceptors (Lipinski definition) is 5. The highest BCUT2D eigenvalue weighted by atomic mass is 16.4. The Bertz CT molecular complexity index is 558. The highest BCUT2D eigenvalue weighted by Crippen LogP contribution is 2.34. The summed E-state index contributed by atoms with van der Waals surface area (Å²) in [5, 5.41) is 19.5. The first-order valence-corrected chi connectivity index (χ1v) is 7.15. The molecule has 0 unspecified atom stereocenters. The predicted molar refractivity (Wildman–Crippen MR) is 72.8 cm³/mol. The number of aromatic carboxylic acids is 1. The number of nitrogens with one attached hydrogen (secondary N) is 1. The van der Waals surface area contributed by atoms with Crippen molar-refractivity contribution < 1.29 is 14.7 Å². The Kier molecular flexibility index (Phi) is 3.40. The maximum Gasteiger partial charge on any atom is 0.358 e. The van der Waals surface area contributed by atoms with Crippen LogP contribution in [-0.4, -0.2) is 63.1 Å². The molecule has 114 valence electrons. The van der Waals surface area contributed by atoms with Crippen molar-refractivity contribution in [2.24, 2.45) is 5.41 Å². The van der Waals surface area contributed by atoms with Crippen LogP contribution in [-0.2, 0) is 4.79 Å². The van der Waals surface area contributed by atoms with E-state index in [9.17, 15) is 9.59 Å². The molecule has 1 aromatic heterocycles. The molecule has 8 nitrogen and oxygen atoms in total. The molecule has 2 aliphatic rings. The van der Waals surface area contributed by atoms with Crippen LogP contribution in [0, 0.1) is 5.41 Å². The largest absolute Gasteiger partial charge is 0.476 e. The lowest BCUT2D eigenvalue weighted by Crippen LogP contribution is -2.56. The van der Waals surface area contributed by atoms with E-state index < -0.39 is 5.97 Å². The molecule has 0 aromatic carbocycles. The van der Waals surface area contributed by atoms with E-state index in [-0.39, 0.29) is 23.1 Å². The van der Waals surface area contributed by atoms with Crippen LogP contribution in [0.2, 0.25) is 0 Å². The smallest absolute Gasteiger partial charge is 0.358 e. The highest BCUT2D eigenvalue weighted by molar-refractivity contribution is 5.85. The zero-order valence-corrected chi connectivity index (χ0v) is 11.9. The lowest BCUT2D eigenvalue weighted by atomic mass is 9.79. The molecule has 0 saturated carbocycles. The number of rotatable bonds is 3. The second-order valence-electron chi connectivity index (χ2n) is 6.06. The lowest BCUT2D eigenvalue weighted by molar-refractivity contribution is -0.149. The molecule has 0 radical (unpaired) electrons. The van der Waals surface area contributed by atoms with Crippen LogP contribution in [0.25, 0.3) is 0 Å². The number of carbonyl (C=O) groups excluding carboxylic acids is 1. The van der Waals surface area contributed by atoms with E-state index in [0.717, 1.165) is 25.9 Å². The van der Waals surface area contributed by atoms with Gasteiger partial charge in [-0.05, 0) is 25.9 Å². The van der Waals surface area contributed by atoms with Gasteiger partial charge in [0.2, 0.25) is 5.91 Å². The number of carboxylic acid groups (broad SMARTS) is 1. The van der Waals surface area contributed by atoms with Gasteiger partial charge in [0.25, 0.3) is 0 Å². The number of aromatic nitrogens is 3. The molecule has 2 saturated heterocycles. The Morgan fingerprint density at radius 2 is 2.05 bits per heavy atom. The van der Waals surface area contributed by atoms with Crippen molar-refractivity contribution in [1.29, 1.82) is 0 Å². The van der Waals surface area contributed by atoms with Crippen LogP contribution in [0.15, 0.2) is 6.20 Å². The normalized spacial score (nSPS) is 21.9. The van der Waals surface area contributed by atoms with Crippen molar-refractivity contribution in [3.8, 4) is 0 Å². The second kappa shape index (κ2) is 5.10. The van der Waals surface area contributed by atoms with E-state index in [1.807, 2.05) is 11.8 Å². The molecule has 2 N–H and O–H groups in total. The van der Waals surface area contributed by atoms with Crippen molar-refractivity contribution in [1.82, 2.24) is 25.2 Å². The molecule has 21 heavy (non-hydrogen) atoms. The van der Waals surface area contributed by atoms with Crippen LogP contribution in [0.1, 0.15) is 36.3 Å². The third-order valence-corrected chi connectivity index (χ3v) is 4.48. The summed E-state index contributed by atoms with van der Waals surface area (Å²) in [7, 11) is 0. The summed E-state index contributed by atoms with van der Waals surface area (Å²) in [5.41, 5.74) is -0.338. The van der Waals surface area contributed by atoms with Gasteiger partial charge in [-0.2, -0.15) is 0 Å². The van der Waals surface area contributed by atoms with Crippen LogP contribution < -0.4 is 5.32 Å². The van der Waals surface area contributed by atoms with Crippen molar-refractivity contribution in [3.63, 3.8) is 0 Å². The number of carboxylic acids is 1. The lowest BCUT2D eigenvalue weighted by Gasteiger charge is -2.45. The molecule has 1 aromatic rings. The third kappa shape index (κ3) is 2.51. The fraction of sp³-hybridized carbons (Fsp3) is 0.692. The number of piperidine rings is 1. The SMILES string of the molecule is CC1(C(=O)N2CC(n3cc(C(=O)O)nn3)C2)CCNCC1. The first-order valence-electron chi connectivity index (χ1n) is 7.15. The van der Waals surface area contributed by atoms with E-state index >= 15 is 0 Å². The Labute approximate surface area is 122 Å². The van der Waals surface area contributed by atoms with Gasteiger partial charge < -0.3 is 15.3 Å². The van der Waals surface area contributed by atoms with Gasteiger partial charge in [-0.1, -0.05) is 12.1 Å². The maximum absolute atomic E-state index is 12.6. The van der Waals surface area contributed by atoms with Gasteiger partial charge in [-0.15, -0.1) is 5.10 Å². The molecule has 0 bridgehead atoms. The van der Waals surface area contributed by atoms with Crippen LogP contribution in [0.5, 0.6) is 0 Å². The molecule has 1 amide bonds. The highest BCUT2D eigenvalue weighted by Gasteiger charge is 2.42. The maximum atomic E-state index is 12.6. The minimum absolute atomic E-state index is 0.0277.